The number of aryl methyl sites for hydroxylation is 1. The summed E-state index contributed by atoms with van der Waals surface area (Å²) in [6.45, 7) is 4.15. The topological polar surface area (TPSA) is 163 Å². The monoisotopic (exact) mass is 706 g/mol. The predicted octanol–water partition coefficient (Wildman–Crippen LogP) is 2.67. The van der Waals surface area contributed by atoms with Crippen LogP contribution in [0.15, 0.2) is 53.4 Å². The molecule has 13 nitrogen and oxygen atoms in total. The Bertz CT molecular complexity index is 1540. The summed E-state index contributed by atoms with van der Waals surface area (Å²) in [6.07, 6.45) is -2.04. The first kappa shape index (κ1) is 34.9. The van der Waals surface area contributed by atoms with E-state index in [2.05, 4.69) is 5.32 Å². The minimum absolute atomic E-state index is 0.0187. The fraction of sp³-hybridized carbons (Fsp3) is 0.484. The van der Waals surface area contributed by atoms with Crippen LogP contribution in [0.3, 0.4) is 0 Å². The number of carbonyl (C=O) groups excluding carboxylic acids is 3. The number of carboxylic acids is 1. The largest absolute Gasteiger partial charge is 0.480 e. The number of hydrogen-bond acceptors (Lipinski definition) is 11. The van der Waals surface area contributed by atoms with Crippen LogP contribution in [0.4, 0.5) is 9.59 Å². The maximum atomic E-state index is 14.0. The van der Waals surface area contributed by atoms with Crippen LogP contribution in [0, 0.1) is 6.92 Å². The maximum Gasteiger partial charge on any atom is 0.415 e. The molecule has 3 aliphatic rings. The van der Waals surface area contributed by atoms with Gasteiger partial charge in [-0.05, 0) is 36.8 Å². The zero-order valence-electron chi connectivity index (χ0n) is 25.9. The van der Waals surface area contributed by atoms with Gasteiger partial charge in [0.05, 0.1) is 10.9 Å². The van der Waals surface area contributed by atoms with E-state index in [1.165, 1.54) is 36.4 Å². The van der Waals surface area contributed by atoms with E-state index in [1.54, 1.807) is 52.4 Å². The van der Waals surface area contributed by atoms with Gasteiger partial charge in [-0.1, -0.05) is 29.8 Å². The number of carbonyl (C=O) groups is 4. The second kappa shape index (κ2) is 15.6. The lowest BCUT2D eigenvalue weighted by molar-refractivity contribution is -0.146. The molecule has 3 aliphatic heterocycles. The summed E-state index contributed by atoms with van der Waals surface area (Å²) in [6, 6.07) is 8.96. The van der Waals surface area contributed by atoms with Gasteiger partial charge in [0.2, 0.25) is 0 Å². The Kier molecular flexibility index (Phi) is 11.6. The Balaban J connectivity index is 1.35. The molecule has 0 spiro atoms. The van der Waals surface area contributed by atoms with Crippen molar-refractivity contribution in [1.29, 1.82) is 0 Å². The van der Waals surface area contributed by atoms with Gasteiger partial charge >= 0.3 is 18.2 Å². The van der Waals surface area contributed by atoms with Crippen molar-refractivity contribution in [3.8, 4) is 5.75 Å². The molecule has 0 saturated carbocycles. The second-order valence-electron chi connectivity index (χ2n) is 11.4. The highest BCUT2D eigenvalue weighted by molar-refractivity contribution is 7.99. The Morgan fingerprint density at radius 1 is 0.915 bits per heavy atom. The predicted molar refractivity (Wildman–Crippen MR) is 177 cm³/mol. The molecule has 5 rings (SSSR count). The number of aliphatic carboxylic acids is 1. The highest BCUT2D eigenvalue weighted by Crippen LogP contribution is 2.26. The van der Waals surface area contributed by atoms with Crippen molar-refractivity contribution < 1.29 is 42.2 Å². The first-order valence-electron chi connectivity index (χ1n) is 15.3. The summed E-state index contributed by atoms with van der Waals surface area (Å²) < 4.78 is 39.6. The maximum absolute atomic E-state index is 14.0. The van der Waals surface area contributed by atoms with E-state index in [0.717, 1.165) is 28.6 Å². The van der Waals surface area contributed by atoms with Gasteiger partial charge in [0.25, 0.3) is 15.9 Å². The molecule has 3 heterocycles. The van der Waals surface area contributed by atoms with Gasteiger partial charge in [-0.3, -0.25) is 4.79 Å². The lowest BCUT2D eigenvalue weighted by Gasteiger charge is -2.30. The molecule has 0 radical (unpaired) electrons. The van der Waals surface area contributed by atoms with Crippen LogP contribution in [-0.2, 0) is 30.8 Å². The summed E-state index contributed by atoms with van der Waals surface area (Å²) in [7, 11) is -4.64. The van der Waals surface area contributed by atoms with E-state index in [0.29, 0.717) is 36.0 Å². The molecular weight excluding hydrogens is 669 g/mol. The first-order valence-corrected chi connectivity index (χ1v) is 19.1. The summed E-state index contributed by atoms with van der Waals surface area (Å²) in [5.74, 6) is 1.02. The number of hydrogen-bond donors (Lipinski definition) is 2. The molecule has 3 amide bonds. The quantitative estimate of drug-likeness (QED) is 0.393. The van der Waals surface area contributed by atoms with Gasteiger partial charge in [0.1, 0.15) is 17.9 Å². The molecular formula is C31H38N4O9S3. The van der Waals surface area contributed by atoms with E-state index in [9.17, 15) is 32.7 Å². The SMILES string of the molecule is Cc1ccc(S(=O)(=O)N(C(=O)[C@@H]2CC(OC(=O)N3CCSCC3)CN2)[C@@H](Cc2ccc(OC(=O)N3CCSCC3)cc2)C(=O)O)cc1. The number of nitrogens with one attached hydrogen (secondary N) is 1. The molecule has 16 heteroatoms. The van der Waals surface area contributed by atoms with Gasteiger partial charge in [-0.25, -0.2) is 27.1 Å². The van der Waals surface area contributed by atoms with Crippen LogP contribution in [0.1, 0.15) is 17.5 Å². The molecule has 2 N–H and O–H groups in total. The fourth-order valence-electron chi connectivity index (χ4n) is 5.46. The number of rotatable bonds is 9. The Hall–Kier alpha value is -3.47. The van der Waals surface area contributed by atoms with Crippen LogP contribution in [0.5, 0.6) is 5.75 Å². The zero-order chi connectivity index (χ0) is 33.6. The molecule has 3 atom stereocenters. The molecule has 0 aliphatic carbocycles. The number of carboxylic acid groups (broad SMARTS) is 1. The number of ether oxygens (including phenoxy) is 2. The third kappa shape index (κ3) is 8.72. The molecule has 3 saturated heterocycles. The van der Waals surface area contributed by atoms with Crippen LogP contribution in [0.25, 0.3) is 0 Å². The van der Waals surface area contributed by atoms with Crippen LogP contribution < -0.4 is 10.1 Å². The molecule has 254 valence electrons. The van der Waals surface area contributed by atoms with E-state index in [1.807, 2.05) is 0 Å². The van der Waals surface area contributed by atoms with Crippen molar-refractivity contribution in [1.82, 2.24) is 19.4 Å². The van der Waals surface area contributed by atoms with Crippen LogP contribution in [-0.4, -0.2) is 126 Å². The number of sulfonamides is 1. The molecule has 1 unspecified atom stereocenters. The standard InChI is InChI=1S/C31H38N4O9S3/c1-21-2-8-25(9-3-21)47(41,42)35(28(36)26-19-24(20-32-26)44-31(40)34-12-16-46-17-13-34)27(29(37)38)18-22-4-6-23(7-5-22)43-30(39)33-10-14-45-15-11-33/h2-9,24,26-27,32H,10-20H2,1H3,(H,37,38)/t24?,26-,27-/m0/s1. The number of thioether (sulfide) groups is 2. The Morgan fingerprint density at radius 2 is 1.49 bits per heavy atom. The van der Waals surface area contributed by atoms with E-state index >= 15 is 0 Å². The Morgan fingerprint density at radius 3 is 2.06 bits per heavy atom. The van der Waals surface area contributed by atoms with Crippen molar-refractivity contribution in [2.24, 2.45) is 0 Å². The summed E-state index contributed by atoms with van der Waals surface area (Å²) >= 11 is 3.50. The summed E-state index contributed by atoms with van der Waals surface area (Å²) in [4.78, 5) is 54.9. The number of benzene rings is 2. The van der Waals surface area contributed by atoms with Crippen LogP contribution >= 0.6 is 23.5 Å². The minimum Gasteiger partial charge on any atom is -0.480 e. The van der Waals surface area contributed by atoms with Gasteiger partial charge in [-0.15, -0.1) is 0 Å². The van der Waals surface area contributed by atoms with Crippen LogP contribution in [0.2, 0.25) is 0 Å². The number of nitrogens with zero attached hydrogens (tertiary/aromatic N) is 3. The third-order valence-corrected chi connectivity index (χ3v) is 11.8. The van der Waals surface area contributed by atoms with Crippen molar-refractivity contribution in [2.75, 3.05) is 55.7 Å². The van der Waals surface area contributed by atoms with E-state index in [-0.39, 0.29) is 30.0 Å². The Labute approximate surface area is 282 Å². The smallest absolute Gasteiger partial charge is 0.415 e. The molecule has 2 aromatic rings. The lowest BCUT2D eigenvalue weighted by atomic mass is 10.0. The summed E-state index contributed by atoms with van der Waals surface area (Å²) in [5.41, 5.74) is 1.19. The average molecular weight is 707 g/mol. The van der Waals surface area contributed by atoms with Crippen molar-refractivity contribution in [2.45, 2.75) is 42.8 Å². The second-order valence-corrected chi connectivity index (χ2v) is 15.7. The summed E-state index contributed by atoms with van der Waals surface area (Å²) in [5, 5.41) is 13.3. The van der Waals surface area contributed by atoms with Gasteiger partial charge in [0, 0.05) is 68.6 Å². The van der Waals surface area contributed by atoms with Crippen molar-refractivity contribution in [3.05, 3.63) is 59.7 Å². The molecule has 0 bridgehead atoms. The van der Waals surface area contributed by atoms with Crippen molar-refractivity contribution in [3.63, 3.8) is 0 Å². The average Bonchev–Trinajstić information content (AvgIpc) is 3.54. The van der Waals surface area contributed by atoms with Gasteiger partial charge in [0.15, 0.2) is 0 Å². The fourth-order valence-corrected chi connectivity index (χ4v) is 8.84. The van der Waals surface area contributed by atoms with E-state index < -0.39 is 52.3 Å². The third-order valence-electron chi connectivity index (χ3n) is 8.12. The number of amides is 3. The molecule has 47 heavy (non-hydrogen) atoms. The zero-order valence-corrected chi connectivity index (χ0v) is 28.4. The highest BCUT2D eigenvalue weighted by Gasteiger charge is 2.45. The van der Waals surface area contributed by atoms with E-state index in [4.69, 9.17) is 9.47 Å². The molecule has 3 fully saturated rings. The molecule has 0 aromatic heterocycles. The van der Waals surface area contributed by atoms with Gasteiger partial charge in [-0.2, -0.15) is 23.5 Å². The van der Waals surface area contributed by atoms with Gasteiger partial charge < -0.3 is 29.7 Å². The lowest BCUT2D eigenvalue weighted by Crippen LogP contribution is -2.54. The first-order chi connectivity index (χ1) is 22.5. The molecule has 2 aromatic carbocycles. The minimum atomic E-state index is -4.64. The normalized spacial score (nSPS) is 20.7. The van der Waals surface area contributed by atoms with Crippen molar-refractivity contribution >= 4 is 57.6 Å². The highest BCUT2D eigenvalue weighted by atomic mass is 32.2.